The van der Waals surface area contributed by atoms with Gasteiger partial charge in [0.05, 0.1) is 31.6 Å². The molecule has 6 nitrogen and oxygen atoms in total. The van der Waals surface area contributed by atoms with Crippen LogP contribution in [0, 0.1) is 0 Å². The van der Waals surface area contributed by atoms with Crippen LogP contribution in [0.4, 0.5) is 4.79 Å². The summed E-state index contributed by atoms with van der Waals surface area (Å²) in [5.41, 5.74) is 2.07. The molecule has 29 heavy (non-hydrogen) atoms. The van der Waals surface area contributed by atoms with Crippen LogP contribution >= 0.6 is 0 Å². The number of amides is 2. The summed E-state index contributed by atoms with van der Waals surface area (Å²) in [6.07, 6.45) is 9.51. The zero-order chi connectivity index (χ0) is 20.2. The molecular weight excluding hydrogens is 368 g/mol. The Morgan fingerprint density at radius 1 is 1.14 bits per heavy atom. The van der Waals surface area contributed by atoms with E-state index in [0.717, 1.165) is 54.7 Å². The number of hydrogen-bond acceptors (Lipinski definition) is 4. The minimum Gasteiger partial charge on any atom is -0.493 e. The topological polar surface area (TPSA) is 72.7 Å². The van der Waals surface area contributed by atoms with E-state index in [1.54, 1.807) is 13.4 Å². The standard InChI is InChI=1S/C23H30N2O4/c1-15(24-23(26)25-19-8-5-9-20-18(19)12-13-28-20)16-10-11-21(22(14-16)27-2)29-17-6-3-4-7-17/h10-15,17,19H,3-9H2,1-2H3,(H2,24,25,26). The van der Waals surface area contributed by atoms with E-state index in [9.17, 15) is 4.79 Å². The van der Waals surface area contributed by atoms with E-state index in [1.165, 1.54) is 12.8 Å². The van der Waals surface area contributed by atoms with Crippen LogP contribution in [0.15, 0.2) is 34.9 Å². The third kappa shape index (κ3) is 4.52. The fourth-order valence-corrected chi connectivity index (χ4v) is 4.35. The minimum atomic E-state index is -0.179. The van der Waals surface area contributed by atoms with E-state index in [-0.39, 0.29) is 24.2 Å². The van der Waals surface area contributed by atoms with Crippen LogP contribution in [0.1, 0.15) is 74.4 Å². The number of urea groups is 1. The summed E-state index contributed by atoms with van der Waals surface area (Å²) in [6.45, 7) is 1.97. The number of methoxy groups -OCH3 is 1. The van der Waals surface area contributed by atoms with Crippen molar-refractivity contribution in [2.75, 3.05) is 7.11 Å². The Bertz CT molecular complexity index is 841. The lowest BCUT2D eigenvalue weighted by Gasteiger charge is -2.24. The number of nitrogens with one attached hydrogen (secondary N) is 2. The summed E-state index contributed by atoms with van der Waals surface area (Å²) < 4.78 is 17.1. The van der Waals surface area contributed by atoms with E-state index in [4.69, 9.17) is 13.9 Å². The number of fused-ring (bicyclic) bond motifs is 1. The van der Waals surface area contributed by atoms with Gasteiger partial charge in [-0.1, -0.05) is 6.07 Å². The summed E-state index contributed by atoms with van der Waals surface area (Å²) in [4.78, 5) is 12.6. The van der Waals surface area contributed by atoms with Crippen molar-refractivity contribution >= 4 is 6.03 Å². The molecule has 2 atom stereocenters. The van der Waals surface area contributed by atoms with Crippen molar-refractivity contribution in [3.8, 4) is 11.5 Å². The predicted molar refractivity (Wildman–Crippen MR) is 110 cm³/mol. The smallest absolute Gasteiger partial charge is 0.315 e. The highest BCUT2D eigenvalue weighted by Crippen LogP contribution is 2.34. The largest absolute Gasteiger partial charge is 0.493 e. The molecule has 0 bridgehead atoms. The maximum atomic E-state index is 12.6. The first-order chi connectivity index (χ1) is 14.1. The molecule has 1 heterocycles. The van der Waals surface area contributed by atoms with E-state index >= 15 is 0 Å². The molecule has 1 aromatic carbocycles. The van der Waals surface area contributed by atoms with E-state index in [1.807, 2.05) is 31.2 Å². The molecule has 1 saturated carbocycles. The number of hydrogen-bond donors (Lipinski definition) is 2. The Hall–Kier alpha value is -2.63. The Morgan fingerprint density at radius 3 is 2.76 bits per heavy atom. The number of aryl methyl sites for hydroxylation is 1. The Kier molecular flexibility index (Phi) is 5.97. The number of furan rings is 1. The first kappa shape index (κ1) is 19.7. The average Bonchev–Trinajstić information content (AvgIpc) is 3.40. The van der Waals surface area contributed by atoms with E-state index < -0.39 is 0 Å². The monoisotopic (exact) mass is 398 g/mol. The molecule has 0 radical (unpaired) electrons. The molecule has 2 amide bonds. The van der Waals surface area contributed by atoms with Crippen molar-refractivity contribution in [2.24, 2.45) is 0 Å². The van der Waals surface area contributed by atoms with Crippen LogP contribution in [0.2, 0.25) is 0 Å². The highest BCUT2D eigenvalue weighted by atomic mass is 16.5. The lowest BCUT2D eigenvalue weighted by Crippen LogP contribution is -2.40. The van der Waals surface area contributed by atoms with Crippen LogP contribution in [-0.4, -0.2) is 19.2 Å². The lowest BCUT2D eigenvalue weighted by molar-refractivity contribution is 0.200. The maximum Gasteiger partial charge on any atom is 0.315 e. The fraction of sp³-hybridized carbons (Fsp3) is 0.522. The molecule has 1 aromatic heterocycles. The molecule has 2 aliphatic rings. The van der Waals surface area contributed by atoms with Crippen LogP contribution < -0.4 is 20.1 Å². The van der Waals surface area contributed by atoms with Gasteiger partial charge in [-0.3, -0.25) is 0 Å². The molecular formula is C23H30N2O4. The number of carbonyl (C=O) groups is 1. The molecule has 6 heteroatoms. The molecule has 2 aromatic rings. The van der Waals surface area contributed by atoms with Gasteiger partial charge in [-0.2, -0.15) is 0 Å². The van der Waals surface area contributed by atoms with Crippen LogP contribution in [-0.2, 0) is 6.42 Å². The minimum absolute atomic E-state index is 0.00132. The first-order valence-corrected chi connectivity index (χ1v) is 10.6. The summed E-state index contributed by atoms with van der Waals surface area (Å²) in [7, 11) is 1.65. The van der Waals surface area contributed by atoms with Crippen molar-refractivity contribution in [3.05, 3.63) is 47.4 Å². The lowest BCUT2D eigenvalue weighted by atomic mass is 9.93. The Labute approximate surface area is 172 Å². The number of rotatable bonds is 6. The second-order valence-electron chi connectivity index (χ2n) is 8.02. The second-order valence-corrected chi connectivity index (χ2v) is 8.02. The normalized spacial score (nSPS) is 20.0. The van der Waals surface area contributed by atoms with Crippen molar-refractivity contribution in [2.45, 2.75) is 70.1 Å². The molecule has 2 unspecified atom stereocenters. The van der Waals surface area contributed by atoms with Gasteiger partial charge in [-0.15, -0.1) is 0 Å². The van der Waals surface area contributed by atoms with Crippen molar-refractivity contribution in [1.82, 2.24) is 10.6 Å². The van der Waals surface area contributed by atoms with Crippen molar-refractivity contribution in [3.63, 3.8) is 0 Å². The number of carbonyl (C=O) groups excluding carboxylic acids is 1. The highest BCUT2D eigenvalue weighted by molar-refractivity contribution is 5.75. The molecule has 0 aliphatic heterocycles. The van der Waals surface area contributed by atoms with Gasteiger partial charge in [-0.25, -0.2) is 4.79 Å². The van der Waals surface area contributed by atoms with Gasteiger partial charge in [-0.05, 0) is 69.2 Å². The van der Waals surface area contributed by atoms with Crippen LogP contribution in [0.5, 0.6) is 11.5 Å². The third-order valence-electron chi connectivity index (χ3n) is 5.99. The van der Waals surface area contributed by atoms with Gasteiger partial charge in [0.1, 0.15) is 5.76 Å². The number of benzene rings is 1. The van der Waals surface area contributed by atoms with Gasteiger partial charge >= 0.3 is 6.03 Å². The fourth-order valence-electron chi connectivity index (χ4n) is 4.35. The average molecular weight is 399 g/mol. The van der Waals surface area contributed by atoms with Crippen LogP contribution in [0.3, 0.4) is 0 Å². The molecule has 1 fully saturated rings. The summed E-state index contributed by atoms with van der Waals surface area (Å²) >= 11 is 0. The molecule has 0 spiro atoms. The Balaban J connectivity index is 1.37. The quantitative estimate of drug-likeness (QED) is 0.714. The van der Waals surface area contributed by atoms with Crippen molar-refractivity contribution in [1.29, 1.82) is 0 Å². The van der Waals surface area contributed by atoms with E-state index in [2.05, 4.69) is 10.6 Å². The van der Waals surface area contributed by atoms with Gasteiger partial charge < -0.3 is 24.5 Å². The highest BCUT2D eigenvalue weighted by Gasteiger charge is 2.25. The Morgan fingerprint density at radius 2 is 1.97 bits per heavy atom. The molecule has 4 rings (SSSR count). The molecule has 0 saturated heterocycles. The van der Waals surface area contributed by atoms with Gasteiger partial charge in [0.25, 0.3) is 0 Å². The zero-order valence-corrected chi connectivity index (χ0v) is 17.2. The summed E-state index contributed by atoms with van der Waals surface area (Å²) in [5.74, 6) is 2.46. The van der Waals surface area contributed by atoms with Gasteiger partial charge in [0.2, 0.25) is 0 Å². The summed E-state index contributed by atoms with van der Waals surface area (Å²) in [5, 5.41) is 6.12. The number of ether oxygens (including phenoxy) is 2. The molecule has 156 valence electrons. The van der Waals surface area contributed by atoms with E-state index in [0.29, 0.717) is 5.75 Å². The van der Waals surface area contributed by atoms with Gasteiger partial charge in [0, 0.05) is 12.0 Å². The second kappa shape index (κ2) is 8.80. The first-order valence-electron chi connectivity index (χ1n) is 10.6. The maximum absolute atomic E-state index is 12.6. The van der Waals surface area contributed by atoms with Crippen LogP contribution in [0.25, 0.3) is 0 Å². The SMILES string of the molecule is COc1cc(C(C)NC(=O)NC2CCCc3occc32)ccc1OC1CCCC1. The zero-order valence-electron chi connectivity index (χ0n) is 17.2. The summed E-state index contributed by atoms with van der Waals surface area (Å²) in [6, 6.07) is 7.51. The predicted octanol–water partition coefficient (Wildman–Crippen LogP) is 5.05. The van der Waals surface area contributed by atoms with Crippen molar-refractivity contribution < 1.29 is 18.7 Å². The third-order valence-corrected chi connectivity index (χ3v) is 5.99. The van der Waals surface area contributed by atoms with Gasteiger partial charge in [0.15, 0.2) is 11.5 Å². The molecule has 2 N–H and O–H groups in total. The molecule has 2 aliphatic carbocycles.